The van der Waals surface area contributed by atoms with Gasteiger partial charge in [-0.1, -0.05) is 25.4 Å². The Labute approximate surface area is 145 Å². The van der Waals surface area contributed by atoms with Gasteiger partial charge in [0.2, 0.25) is 5.91 Å². The Bertz CT molecular complexity index is 462. The number of aromatic nitrogens is 1. The van der Waals surface area contributed by atoms with Gasteiger partial charge in [0.1, 0.15) is 5.82 Å². The Hall–Kier alpha value is -1.33. The molecule has 0 aliphatic heterocycles. The minimum Gasteiger partial charge on any atom is -0.352 e. The van der Waals surface area contributed by atoms with Crippen LogP contribution in [0.15, 0.2) is 18.3 Å². The van der Waals surface area contributed by atoms with Crippen LogP contribution in [0, 0.1) is 0 Å². The van der Waals surface area contributed by atoms with Crippen molar-refractivity contribution in [3.63, 3.8) is 0 Å². The first-order valence-corrected chi connectivity index (χ1v) is 8.68. The number of carbonyl (C=O) groups is 1. The summed E-state index contributed by atoms with van der Waals surface area (Å²) in [5.74, 6) is 0.748. The van der Waals surface area contributed by atoms with E-state index in [1.54, 1.807) is 12.3 Å². The van der Waals surface area contributed by atoms with Crippen LogP contribution >= 0.6 is 11.6 Å². The third-order valence-electron chi connectivity index (χ3n) is 3.90. The Morgan fingerprint density at radius 1 is 1.35 bits per heavy atom. The molecule has 1 unspecified atom stereocenters. The molecule has 5 nitrogen and oxygen atoms in total. The van der Waals surface area contributed by atoms with E-state index in [2.05, 4.69) is 36.0 Å². The topological polar surface area (TPSA) is 48.5 Å². The van der Waals surface area contributed by atoms with Gasteiger partial charge in [-0.2, -0.15) is 0 Å². The molecule has 1 N–H and O–H groups in total. The van der Waals surface area contributed by atoms with Gasteiger partial charge in [0, 0.05) is 19.3 Å². The van der Waals surface area contributed by atoms with Crippen molar-refractivity contribution in [1.29, 1.82) is 0 Å². The summed E-state index contributed by atoms with van der Waals surface area (Å²) in [7, 11) is 1.85. The van der Waals surface area contributed by atoms with Crippen LogP contribution in [0.3, 0.4) is 0 Å². The lowest BCUT2D eigenvalue weighted by Gasteiger charge is -2.21. The van der Waals surface area contributed by atoms with Gasteiger partial charge >= 0.3 is 0 Å². The summed E-state index contributed by atoms with van der Waals surface area (Å²) in [6.45, 7) is 9.94. The number of halogens is 1. The fourth-order valence-electron chi connectivity index (χ4n) is 2.44. The number of anilines is 1. The molecule has 0 bridgehead atoms. The molecule has 0 aliphatic carbocycles. The Balaban J connectivity index is 2.30. The zero-order valence-electron chi connectivity index (χ0n) is 14.7. The summed E-state index contributed by atoms with van der Waals surface area (Å²) in [4.78, 5) is 20.5. The minimum absolute atomic E-state index is 0.0135. The molecule has 0 saturated heterocycles. The van der Waals surface area contributed by atoms with Crippen LogP contribution in [-0.2, 0) is 4.79 Å². The van der Waals surface area contributed by atoms with Crippen molar-refractivity contribution in [2.75, 3.05) is 38.1 Å². The fourth-order valence-corrected chi connectivity index (χ4v) is 2.56. The van der Waals surface area contributed by atoms with Gasteiger partial charge < -0.3 is 15.1 Å². The second-order valence-corrected chi connectivity index (χ2v) is 6.26. The van der Waals surface area contributed by atoms with Crippen molar-refractivity contribution in [3.05, 3.63) is 23.4 Å². The standard InChI is InChI=1S/C17H29ClN4O/c1-5-22(6-2)11-7-8-14(3)20-17(23)13-21(4)16-10-9-15(18)12-19-16/h9-10,12,14H,5-8,11,13H2,1-4H3,(H,20,23). The molecule has 1 aromatic heterocycles. The number of nitrogens with one attached hydrogen (secondary N) is 1. The summed E-state index contributed by atoms with van der Waals surface area (Å²) in [6.07, 6.45) is 3.67. The van der Waals surface area contributed by atoms with Crippen LogP contribution in [0.5, 0.6) is 0 Å². The maximum absolute atomic E-state index is 12.1. The van der Waals surface area contributed by atoms with Crippen molar-refractivity contribution in [2.45, 2.75) is 39.7 Å². The number of amides is 1. The first-order chi connectivity index (χ1) is 11.0. The predicted octanol–water partition coefficient (Wildman–Crippen LogP) is 2.80. The maximum atomic E-state index is 12.1. The van der Waals surface area contributed by atoms with E-state index < -0.39 is 0 Å². The number of hydrogen-bond acceptors (Lipinski definition) is 4. The lowest BCUT2D eigenvalue weighted by Crippen LogP contribution is -2.40. The molecule has 1 amide bonds. The van der Waals surface area contributed by atoms with Crippen molar-refractivity contribution in [2.24, 2.45) is 0 Å². The zero-order valence-corrected chi connectivity index (χ0v) is 15.4. The molecule has 1 atom stereocenters. The third-order valence-corrected chi connectivity index (χ3v) is 4.12. The van der Waals surface area contributed by atoms with E-state index in [0.29, 0.717) is 5.02 Å². The lowest BCUT2D eigenvalue weighted by atomic mass is 10.1. The van der Waals surface area contributed by atoms with Crippen LogP contribution in [0.1, 0.15) is 33.6 Å². The molecule has 1 aromatic rings. The van der Waals surface area contributed by atoms with Gasteiger partial charge in [0.25, 0.3) is 0 Å². The van der Waals surface area contributed by atoms with Gasteiger partial charge in [0.15, 0.2) is 0 Å². The van der Waals surface area contributed by atoms with E-state index >= 15 is 0 Å². The molecule has 0 saturated carbocycles. The minimum atomic E-state index is 0.0135. The van der Waals surface area contributed by atoms with E-state index in [1.165, 1.54) is 0 Å². The van der Waals surface area contributed by atoms with Crippen molar-refractivity contribution in [3.8, 4) is 0 Å². The number of hydrogen-bond donors (Lipinski definition) is 1. The van der Waals surface area contributed by atoms with E-state index in [0.717, 1.165) is 38.3 Å². The van der Waals surface area contributed by atoms with Crippen molar-refractivity contribution in [1.82, 2.24) is 15.2 Å². The van der Waals surface area contributed by atoms with Crippen LogP contribution in [0.25, 0.3) is 0 Å². The third kappa shape index (κ3) is 7.66. The average molecular weight is 341 g/mol. The average Bonchev–Trinajstić information content (AvgIpc) is 2.52. The van der Waals surface area contributed by atoms with E-state index in [-0.39, 0.29) is 18.5 Å². The molecule has 23 heavy (non-hydrogen) atoms. The highest BCUT2D eigenvalue weighted by molar-refractivity contribution is 6.30. The summed E-state index contributed by atoms with van der Waals surface area (Å²) >= 11 is 5.82. The molecule has 0 radical (unpaired) electrons. The molecule has 130 valence electrons. The second-order valence-electron chi connectivity index (χ2n) is 5.83. The Kier molecular flexibility index (Phi) is 8.95. The van der Waals surface area contributed by atoms with E-state index in [1.807, 2.05) is 18.0 Å². The maximum Gasteiger partial charge on any atom is 0.239 e. The molecular formula is C17H29ClN4O. The number of likely N-dealkylation sites (N-methyl/N-ethyl adjacent to an activating group) is 1. The lowest BCUT2D eigenvalue weighted by molar-refractivity contribution is -0.120. The summed E-state index contributed by atoms with van der Waals surface area (Å²) in [5.41, 5.74) is 0. The summed E-state index contributed by atoms with van der Waals surface area (Å²) < 4.78 is 0. The van der Waals surface area contributed by atoms with Gasteiger partial charge in [-0.3, -0.25) is 4.79 Å². The fraction of sp³-hybridized carbons (Fsp3) is 0.647. The SMILES string of the molecule is CCN(CC)CCCC(C)NC(=O)CN(C)c1ccc(Cl)cn1. The smallest absolute Gasteiger partial charge is 0.239 e. The van der Waals surface area contributed by atoms with Crippen LogP contribution in [0.2, 0.25) is 5.02 Å². The van der Waals surface area contributed by atoms with Crippen LogP contribution < -0.4 is 10.2 Å². The Morgan fingerprint density at radius 3 is 2.61 bits per heavy atom. The first kappa shape index (κ1) is 19.7. The highest BCUT2D eigenvalue weighted by Crippen LogP contribution is 2.12. The monoisotopic (exact) mass is 340 g/mol. The van der Waals surface area contributed by atoms with E-state index in [9.17, 15) is 4.79 Å². The normalized spacial score (nSPS) is 12.3. The summed E-state index contributed by atoms with van der Waals surface area (Å²) in [5, 5.41) is 3.64. The van der Waals surface area contributed by atoms with Crippen molar-refractivity contribution >= 4 is 23.3 Å². The number of carbonyl (C=O) groups excluding carboxylic acids is 1. The number of rotatable bonds is 10. The number of pyridine rings is 1. The molecule has 0 spiro atoms. The quantitative estimate of drug-likeness (QED) is 0.711. The highest BCUT2D eigenvalue weighted by atomic mass is 35.5. The van der Waals surface area contributed by atoms with Gasteiger partial charge in [0.05, 0.1) is 11.6 Å². The Morgan fingerprint density at radius 2 is 2.04 bits per heavy atom. The second kappa shape index (κ2) is 10.4. The van der Waals surface area contributed by atoms with Crippen LogP contribution in [-0.4, -0.2) is 55.1 Å². The largest absolute Gasteiger partial charge is 0.352 e. The molecule has 1 heterocycles. The summed E-state index contributed by atoms with van der Waals surface area (Å²) in [6, 6.07) is 3.77. The zero-order chi connectivity index (χ0) is 17.2. The van der Waals surface area contributed by atoms with Gasteiger partial charge in [-0.05, 0) is 51.5 Å². The van der Waals surface area contributed by atoms with Crippen LogP contribution in [0.4, 0.5) is 5.82 Å². The molecule has 1 rings (SSSR count). The van der Waals surface area contributed by atoms with Crippen molar-refractivity contribution < 1.29 is 4.79 Å². The van der Waals surface area contributed by atoms with Gasteiger partial charge in [-0.25, -0.2) is 4.98 Å². The molecule has 6 heteroatoms. The molecule has 0 aliphatic rings. The predicted molar refractivity (Wildman–Crippen MR) is 97.1 cm³/mol. The van der Waals surface area contributed by atoms with Gasteiger partial charge in [-0.15, -0.1) is 0 Å². The first-order valence-electron chi connectivity index (χ1n) is 8.30. The highest BCUT2D eigenvalue weighted by Gasteiger charge is 2.11. The molecular weight excluding hydrogens is 312 g/mol. The molecule has 0 fully saturated rings. The molecule has 0 aromatic carbocycles. The van der Waals surface area contributed by atoms with E-state index in [4.69, 9.17) is 11.6 Å². The number of nitrogens with zero attached hydrogens (tertiary/aromatic N) is 3.